The largest absolute Gasteiger partial charge is 0.496 e. The monoisotopic (exact) mass is 251 g/mol. The zero-order valence-corrected chi connectivity index (χ0v) is 11.0. The molecule has 4 heteroatoms. The van der Waals surface area contributed by atoms with Gasteiger partial charge in [-0.2, -0.15) is 0 Å². The second kappa shape index (κ2) is 6.18. The van der Waals surface area contributed by atoms with Crippen LogP contribution in [0.1, 0.15) is 12.5 Å². The standard InChI is InChI=1S/C14H21NO3/c1-11-7-15(9-13(10-16)18-11)8-12-5-3-4-6-14(12)17-2/h3-6,11,13,16H,7-10H2,1-2H3. The number of rotatable bonds is 4. The first kappa shape index (κ1) is 13.3. The van der Waals surface area contributed by atoms with Gasteiger partial charge in [0, 0.05) is 25.2 Å². The van der Waals surface area contributed by atoms with Crippen LogP contribution in [-0.4, -0.2) is 49.0 Å². The van der Waals surface area contributed by atoms with Gasteiger partial charge in [-0.25, -0.2) is 0 Å². The molecule has 100 valence electrons. The molecule has 2 rings (SSSR count). The highest BCUT2D eigenvalue weighted by molar-refractivity contribution is 5.33. The number of ether oxygens (including phenoxy) is 2. The lowest BCUT2D eigenvalue weighted by Crippen LogP contribution is -2.47. The van der Waals surface area contributed by atoms with Crippen molar-refractivity contribution in [2.24, 2.45) is 0 Å². The van der Waals surface area contributed by atoms with E-state index in [0.717, 1.165) is 25.4 Å². The fraction of sp³-hybridized carbons (Fsp3) is 0.571. The van der Waals surface area contributed by atoms with E-state index in [4.69, 9.17) is 9.47 Å². The average molecular weight is 251 g/mol. The van der Waals surface area contributed by atoms with Crippen molar-refractivity contribution < 1.29 is 14.6 Å². The molecule has 0 aliphatic carbocycles. The minimum Gasteiger partial charge on any atom is -0.496 e. The fourth-order valence-electron chi connectivity index (χ4n) is 2.45. The van der Waals surface area contributed by atoms with Crippen LogP contribution < -0.4 is 4.74 Å². The van der Waals surface area contributed by atoms with Gasteiger partial charge in [-0.05, 0) is 13.0 Å². The third-order valence-corrected chi connectivity index (χ3v) is 3.19. The first-order chi connectivity index (χ1) is 8.72. The number of aliphatic hydroxyl groups is 1. The zero-order valence-electron chi connectivity index (χ0n) is 11.0. The minimum absolute atomic E-state index is 0.0762. The second-order valence-corrected chi connectivity index (χ2v) is 4.76. The Morgan fingerprint density at radius 2 is 2.17 bits per heavy atom. The van der Waals surface area contributed by atoms with E-state index in [-0.39, 0.29) is 18.8 Å². The minimum atomic E-state index is -0.0801. The van der Waals surface area contributed by atoms with E-state index in [1.54, 1.807) is 7.11 Å². The summed E-state index contributed by atoms with van der Waals surface area (Å²) >= 11 is 0. The van der Waals surface area contributed by atoms with Crippen molar-refractivity contribution in [3.05, 3.63) is 29.8 Å². The molecular weight excluding hydrogens is 230 g/mol. The molecule has 1 N–H and O–H groups in total. The van der Waals surface area contributed by atoms with Crippen LogP contribution in [0.25, 0.3) is 0 Å². The van der Waals surface area contributed by atoms with Crippen LogP contribution >= 0.6 is 0 Å². The van der Waals surface area contributed by atoms with Gasteiger partial charge < -0.3 is 14.6 Å². The molecule has 1 aliphatic heterocycles. The Morgan fingerprint density at radius 1 is 1.39 bits per heavy atom. The van der Waals surface area contributed by atoms with Crippen LogP contribution in [0.2, 0.25) is 0 Å². The summed E-state index contributed by atoms with van der Waals surface area (Å²) in [5, 5.41) is 9.22. The van der Waals surface area contributed by atoms with E-state index in [1.165, 1.54) is 5.56 Å². The molecule has 0 spiro atoms. The molecule has 2 unspecified atom stereocenters. The fourth-order valence-corrected chi connectivity index (χ4v) is 2.45. The molecule has 2 atom stereocenters. The summed E-state index contributed by atoms with van der Waals surface area (Å²) in [6.07, 6.45) is 0.0778. The van der Waals surface area contributed by atoms with Crippen molar-refractivity contribution in [3.63, 3.8) is 0 Å². The van der Waals surface area contributed by atoms with E-state index in [2.05, 4.69) is 11.0 Å². The summed E-state index contributed by atoms with van der Waals surface area (Å²) < 4.78 is 11.0. The lowest BCUT2D eigenvalue weighted by molar-refractivity contribution is -0.0973. The van der Waals surface area contributed by atoms with Gasteiger partial charge in [0.25, 0.3) is 0 Å². The summed E-state index contributed by atoms with van der Waals surface area (Å²) in [5.41, 5.74) is 1.17. The van der Waals surface area contributed by atoms with Gasteiger partial charge >= 0.3 is 0 Å². The van der Waals surface area contributed by atoms with Crippen molar-refractivity contribution in [1.82, 2.24) is 4.90 Å². The summed E-state index contributed by atoms with van der Waals surface area (Å²) in [6.45, 7) is 4.59. The number of methoxy groups -OCH3 is 1. The van der Waals surface area contributed by atoms with Gasteiger partial charge in [-0.3, -0.25) is 4.90 Å². The quantitative estimate of drug-likeness (QED) is 0.875. The van der Waals surface area contributed by atoms with Crippen LogP contribution in [0, 0.1) is 0 Å². The highest BCUT2D eigenvalue weighted by atomic mass is 16.5. The summed E-state index contributed by atoms with van der Waals surface area (Å²) in [5.74, 6) is 0.914. The second-order valence-electron chi connectivity index (χ2n) is 4.76. The highest BCUT2D eigenvalue weighted by Gasteiger charge is 2.25. The molecule has 4 nitrogen and oxygen atoms in total. The first-order valence-electron chi connectivity index (χ1n) is 6.33. The van der Waals surface area contributed by atoms with Crippen LogP contribution in [0.3, 0.4) is 0 Å². The molecule has 1 aliphatic rings. The molecule has 1 saturated heterocycles. The van der Waals surface area contributed by atoms with Crippen molar-refractivity contribution >= 4 is 0 Å². The van der Waals surface area contributed by atoms with Gasteiger partial charge in [-0.1, -0.05) is 18.2 Å². The number of hydrogen-bond acceptors (Lipinski definition) is 4. The van der Waals surface area contributed by atoms with Crippen molar-refractivity contribution in [2.45, 2.75) is 25.7 Å². The predicted molar refractivity (Wildman–Crippen MR) is 69.7 cm³/mol. The number of nitrogens with zero attached hydrogens (tertiary/aromatic N) is 1. The summed E-state index contributed by atoms with van der Waals surface area (Å²) in [6, 6.07) is 8.04. The summed E-state index contributed by atoms with van der Waals surface area (Å²) in [7, 11) is 1.69. The topological polar surface area (TPSA) is 41.9 Å². The first-order valence-corrected chi connectivity index (χ1v) is 6.33. The Kier molecular flexibility index (Phi) is 4.58. The van der Waals surface area contributed by atoms with Crippen LogP contribution in [-0.2, 0) is 11.3 Å². The van der Waals surface area contributed by atoms with E-state index in [1.807, 2.05) is 25.1 Å². The molecule has 1 aromatic carbocycles. The number of benzene rings is 1. The number of morpholine rings is 1. The van der Waals surface area contributed by atoms with Crippen LogP contribution in [0.5, 0.6) is 5.75 Å². The third kappa shape index (κ3) is 3.22. The summed E-state index contributed by atoms with van der Waals surface area (Å²) in [4.78, 5) is 2.30. The van der Waals surface area contributed by atoms with Gasteiger partial charge in [0.1, 0.15) is 5.75 Å². The molecule has 0 saturated carbocycles. The van der Waals surface area contributed by atoms with E-state index in [9.17, 15) is 5.11 Å². The van der Waals surface area contributed by atoms with E-state index >= 15 is 0 Å². The SMILES string of the molecule is COc1ccccc1CN1CC(C)OC(CO)C1. The molecule has 0 aromatic heterocycles. The molecule has 18 heavy (non-hydrogen) atoms. The van der Waals surface area contributed by atoms with E-state index in [0.29, 0.717) is 0 Å². The van der Waals surface area contributed by atoms with Crippen molar-refractivity contribution in [2.75, 3.05) is 26.8 Å². The Hall–Kier alpha value is -1.10. The Bertz CT molecular complexity index is 383. The lowest BCUT2D eigenvalue weighted by atomic mass is 10.1. The van der Waals surface area contributed by atoms with E-state index < -0.39 is 0 Å². The highest BCUT2D eigenvalue weighted by Crippen LogP contribution is 2.21. The van der Waals surface area contributed by atoms with Crippen molar-refractivity contribution in [3.8, 4) is 5.75 Å². The van der Waals surface area contributed by atoms with Gasteiger partial charge in [0.2, 0.25) is 0 Å². The number of para-hydroxylation sites is 1. The molecule has 1 heterocycles. The third-order valence-electron chi connectivity index (χ3n) is 3.19. The molecule has 0 amide bonds. The van der Waals surface area contributed by atoms with Gasteiger partial charge in [-0.15, -0.1) is 0 Å². The smallest absolute Gasteiger partial charge is 0.123 e. The normalized spacial score (nSPS) is 25.1. The maximum Gasteiger partial charge on any atom is 0.123 e. The molecule has 0 radical (unpaired) electrons. The molecular formula is C14H21NO3. The number of hydrogen-bond donors (Lipinski definition) is 1. The average Bonchev–Trinajstić information content (AvgIpc) is 2.38. The Balaban J connectivity index is 2.04. The van der Waals surface area contributed by atoms with Crippen molar-refractivity contribution in [1.29, 1.82) is 0 Å². The molecule has 1 fully saturated rings. The van der Waals surface area contributed by atoms with Crippen LogP contribution in [0.4, 0.5) is 0 Å². The zero-order chi connectivity index (χ0) is 13.0. The lowest BCUT2D eigenvalue weighted by Gasteiger charge is -2.36. The van der Waals surface area contributed by atoms with Crippen LogP contribution in [0.15, 0.2) is 24.3 Å². The van der Waals surface area contributed by atoms with Gasteiger partial charge in [0.15, 0.2) is 0 Å². The Labute approximate surface area is 108 Å². The maximum atomic E-state index is 9.22. The predicted octanol–water partition coefficient (Wildman–Crippen LogP) is 1.28. The van der Waals surface area contributed by atoms with Gasteiger partial charge in [0.05, 0.1) is 25.9 Å². The maximum absolute atomic E-state index is 9.22. The number of aliphatic hydroxyl groups excluding tert-OH is 1. The molecule has 1 aromatic rings. The Morgan fingerprint density at radius 3 is 2.89 bits per heavy atom. The molecule has 0 bridgehead atoms.